The molecule has 1 aromatic heterocycles. The summed E-state index contributed by atoms with van der Waals surface area (Å²) in [6.45, 7) is 7.35. The molecule has 1 atom stereocenters. The van der Waals surface area contributed by atoms with Crippen molar-refractivity contribution in [2.45, 2.75) is 33.2 Å². The van der Waals surface area contributed by atoms with Crippen LogP contribution in [0.15, 0.2) is 54.9 Å². The maximum atomic E-state index is 6.10. The minimum absolute atomic E-state index is 0.254. The zero-order chi connectivity index (χ0) is 16.4. The molecule has 0 saturated carbocycles. The van der Waals surface area contributed by atoms with Crippen LogP contribution < -0.4 is 0 Å². The molecular weight excluding hydrogens is 304 g/mol. The lowest BCUT2D eigenvalue weighted by atomic mass is 9.93. The van der Waals surface area contributed by atoms with Gasteiger partial charge in [-0.05, 0) is 48.2 Å². The van der Waals surface area contributed by atoms with E-state index in [0.717, 1.165) is 17.4 Å². The summed E-state index contributed by atoms with van der Waals surface area (Å²) in [6, 6.07) is 14.5. The number of aryl methyl sites for hydroxylation is 1. The van der Waals surface area contributed by atoms with E-state index < -0.39 is 0 Å². The Morgan fingerprint density at radius 2 is 1.91 bits per heavy atom. The second kappa shape index (κ2) is 6.59. The SMILES string of the molecule is Cc1cccc([C@H](C)c2nccn2Cc2cccc(Cl)c2)c1C. The highest BCUT2D eigenvalue weighted by atomic mass is 35.5. The van der Waals surface area contributed by atoms with Crippen LogP contribution in [0.25, 0.3) is 0 Å². The molecule has 2 nitrogen and oxygen atoms in total. The van der Waals surface area contributed by atoms with Gasteiger partial charge in [-0.15, -0.1) is 0 Å². The Labute approximate surface area is 142 Å². The molecule has 0 saturated heterocycles. The fraction of sp³-hybridized carbons (Fsp3) is 0.250. The normalized spacial score (nSPS) is 12.3. The Morgan fingerprint density at radius 3 is 2.70 bits per heavy atom. The van der Waals surface area contributed by atoms with Crippen LogP contribution in [0.3, 0.4) is 0 Å². The van der Waals surface area contributed by atoms with Crippen molar-refractivity contribution < 1.29 is 0 Å². The number of hydrogen-bond acceptors (Lipinski definition) is 1. The van der Waals surface area contributed by atoms with E-state index in [9.17, 15) is 0 Å². The molecule has 0 aliphatic heterocycles. The zero-order valence-electron chi connectivity index (χ0n) is 13.8. The first-order valence-electron chi connectivity index (χ1n) is 7.88. The highest BCUT2D eigenvalue weighted by Gasteiger charge is 2.17. The molecule has 3 heteroatoms. The lowest BCUT2D eigenvalue weighted by molar-refractivity contribution is 0.687. The van der Waals surface area contributed by atoms with Crippen LogP contribution in [0.1, 0.15) is 40.9 Å². The summed E-state index contributed by atoms with van der Waals surface area (Å²) in [6.07, 6.45) is 3.92. The average Bonchev–Trinajstić information content (AvgIpc) is 2.97. The van der Waals surface area contributed by atoms with Gasteiger partial charge in [0.05, 0.1) is 0 Å². The molecule has 0 aliphatic carbocycles. The second-order valence-corrected chi connectivity index (χ2v) is 6.49. The third-order valence-corrected chi connectivity index (χ3v) is 4.73. The predicted molar refractivity (Wildman–Crippen MR) is 96.2 cm³/mol. The molecule has 3 aromatic rings. The van der Waals surface area contributed by atoms with Crippen molar-refractivity contribution in [1.29, 1.82) is 0 Å². The fourth-order valence-electron chi connectivity index (χ4n) is 3.05. The summed E-state index contributed by atoms with van der Waals surface area (Å²) in [7, 11) is 0. The molecule has 23 heavy (non-hydrogen) atoms. The third-order valence-electron chi connectivity index (χ3n) is 4.49. The number of halogens is 1. The number of rotatable bonds is 4. The number of hydrogen-bond donors (Lipinski definition) is 0. The summed E-state index contributed by atoms with van der Waals surface area (Å²) < 4.78 is 2.21. The second-order valence-electron chi connectivity index (χ2n) is 6.05. The van der Waals surface area contributed by atoms with Gasteiger partial charge in [0.1, 0.15) is 5.82 Å². The molecule has 118 valence electrons. The molecule has 2 aromatic carbocycles. The van der Waals surface area contributed by atoms with Gasteiger partial charge in [0.2, 0.25) is 0 Å². The Hall–Kier alpha value is -2.06. The molecule has 0 spiro atoms. The van der Waals surface area contributed by atoms with E-state index in [2.05, 4.69) is 54.6 Å². The first-order chi connectivity index (χ1) is 11.1. The first-order valence-corrected chi connectivity index (χ1v) is 8.25. The largest absolute Gasteiger partial charge is 0.330 e. The number of imidazole rings is 1. The topological polar surface area (TPSA) is 17.8 Å². The smallest absolute Gasteiger partial charge is 0.116 e. The van der Waals surface area contributed by atoms with Crippen molar-refractivity contribution in [3.05, 3.63) is 88.0 Å². The highest BCUT2D eigenvalue weighted by Crippen LogP contribution is 2.27. The lowest BCUT2D eigenvalue weighted by Crippen LogP contribution is -2.10. The van der Waals surface area contributed by atoms with E-state index in [-0.39, 0.29) is 5.92 Å². The van der Waals surface area contributed by atoms with Crippen LogP contribution in [0.4, 0.5) is 0 Å². The van der Waals surface area contributed by atoms with E-state index in [1.807, 2.05) is 30.6 Å². The predicted octanol–water partition coefficient (Wildman–Crippen LogP) is 5.35. The summed E-state index contributed by atoms with van der Waals surface area (Å²) >= 11 is 6.10. The Kier molecular flexibility index (Phi) is 4.53. The van der Waals surface area contributed by atoms with Gasteiger partial charge in [-0.25, -0.2) is 4.98 Å². The van der Waals surface area contributed by atoms with Gasteiger partial charge in [-0.3, -0.25) is 0 Å². The summed E-state index contributed by atoms with van der Waals surface area (Å²) in [5.41, 5.74) is 5.19. The number of aromatic nitrogens is 2. The molecule has 0 aliphatic rings. The molecule has 0 N–H and O–H groups in total. The van der Waals surface area contributed by atoms with Crippen molar-refractivity contribution in [2.24, 2.45) is 0 Å². The van der Waals surface area contributed by atoms with Crippen molar-refractivity contribution in [3.8, 4) is 0 Å². The molecule has 0 unspecified atom stereocenters. The van der Waals surface area contributed by atoms with Crippen molar-refractivity contribution >= 4 is 11.6 Å². The maximum absolute atomic E-state index is 6.10. The van der Waals surface area contributed by atoms with Gasteiger partial charge >= 0.3 is 0 Å². The Bertz CT molecular complexity index is 820. The minimum atomic E-state index is 0.254. The van der Waals surface area contributed by atoms with Gasteiger partial charge in [0, 0.05) is 29.9 Å². The number of nitrogens with zero attached hydrogens (tertiary/aromatic N) is 2. The van der Waals surface area contributed by atoms with Crippen LogP contribution in [-0.2, 0) is 6.54 Å². The molecule has 0 radical (unpaired) electrons. The third kappa shape index (κ3) is 3.32. The Balaban J connectivity index is 1.92. The molecule has 0 fully saturated rings. The van der Waals surface area contributed by atoms with Crippen molar-refractivity contribution in [2.75, 3.05) is 0 Å². The zero-order valence-corrected chi connectivity index (χ0v) is 14.5. The van der Waals surface area contributed by atoms with Gasteiger partial charge < -0.3 is 4.57 Å². The van der Waals surface area contributed by atoms with Crippen molar-refractivity contribution in [3.63, 3.8) is 0 Å². The molecule has 0 amide bonds. The van der Waals surface area contributed by atoms with Crippen molar-refractivity contribution in [1.82, 2.24) is 9.55 Å². The average molecular weight is 325 g/mol. The Morgan fingerprint density at radius 1 is 1.13 bits per heavy atom. The van der Waals surface area contributed by atoms with E-state index in [4.69, 9.17) is 11.6 Å². The monoisotopic (exact) mass is 324 g/mol. The maximum Gasteiger partial charge on any atom is 0.116 e. The summed E-state index contributed by atoms with van der Waals surface area (Å²) in [4.78, 5) is 4.61. The van der Waals surface area contributed by atoms with Gasteiger partial charge in [0.25, 0.3) is 0 Å². The van der Waals surface area contributed by atoms with E-state index in [1.165, 1.54) is 22.3 Å². The van der Waals surface area contributed by atoms with Crippen LogP contribution in [0.5, 0.6) is 0 Å². The summed E-state index contributed by atoms with van der Waals surface area (Å²) in [5.74, 6) is 1.34. The van der Waals surface area contributed by atoms with E-state index in [1.54, 1.807) is 0 Å². The highest BCUT2D eigenvalue weighted by molar-refractivity contribution is 6.30. The summed E-state index contributed by atoms with van der Waals surface area (Å²) in [5, 5.41) is 0.770. The quantitative estimate of drug-likeness (QED) is 0.632. The molecule has 1 heterocycles. The molecular formula is C20H21ClN2. The van der Waals surface area contributed by atoms with Crippen LogP contribution >= 0.6 is 11.6 Å². The van der Waals surface area contributed by atoms with Gasteiger partial charge in [0.15, 0.2) is 0 Å². The van der Waals surface area contributed by atoms with Gasteiger partial charge in [-0.1, -0.05) is 48.9 Å². The first kappa shape index (κ1) is 15.8. The lowest BCUT2D eigenvalue weighted by Gasteiger charge is -2.18. The van der Waals surface area contributed by atoms with Crippen LogP contribution in [0.2, 0.25) is 5.02 Å². The fourth-order valence-corrected chi connectivity index (χ4v) is 3.26. The van der Waals surface area contributed by atoms with Crippen LogP contribution in [0, 0.1) is 13.8 Å². The molecule has 3 rings (SSSR count). The minimum Gasteiger partial charge on any atom is -0.330 e. The number of benzene rings is 2. The standard InChI is InChI=1S/C20H21ClN2/c1-14-6-4-9-19(15(14)2)16(3)20-22-10-11-23(20)13-17-7-5-8-18(21)12-17/h4-12,16H,13H2,1-3H3/t16-/m0/s1. The molecule has 0 bridgehead atoms. The van der Waals surface area contributed by atoms with E-state index in [0.29, 0.717) is 0 Å². The van der Waals surface area contributed by atoms with Crippen LogP contribution in [-0.4, -0.2) is 9.55 Å². The van der Waals surface area contributed by atoms with Gasteiger partial charge in [-0.2, -0.15) is 0 Å². The van der Waals surface area contributed by atoms with E-state index >= 15 is 0 Å².